The average Bonchev–Trinajstić information content (AvgIpc) is 3.70. The van der Waals surface area contributed by atoms with Gasteiger partial charge in [0, 0.05) is 11.1 Å². The van der Waals surface area contributed by atoms with Crippen LogP contribution in [-0.2, 0) is 5.41 Å². The largest absolute Gasteiger partial charge is 0.297 e. The van der Waals surface area contributed by atoms with Crippen LogP contribution in [0.3, 0.4) is 0 Å². The van der Waals surface area contributed by atoms with Crippen molar-refractivity contribution in [1.82, 2.24) is 9.55 Å². The van der Waals surface area contributed by atoms with Crippen LogP contribution in [0.2, 0.25) is 0 Å². The van der Waals surface area contributed by atoms with Gasteiger partial charge in [0.05, 0.1) is 31.6 Å². The van der Waals surface area contributed by atoms with E-state index in [1.165, 1.54) is 0 Å². The van der Waals surface area contributed by atoms with Crippen LogP contribution >= 0.6 is 0 Å². The first-order valence-corrected chi connectivity index (χ1v) is 14.5. The molecule has 0 radical (unpaired) electrons. The fraction of sp³-hybridized carbons (Fsp3) is 0.0930. The Morgan fingerprint density at radius 3 is 1.87 bits per heavy atom. The van der Waals surface area contributed by atoms with E-state index in [1.807, 2.05) is 35.8 Å². The normalized spacial score (nSPS) is 18.1. The van der Waals surface area contributed by atoms with Crippen molar-refractivity contribution in [1.29, 1.82) is 0 Å². The maximum atomic E-state index is 9.85. The van der Waals surface area contributed by atoms with E-state index in [1.54, 1.807) is 38.1 Å². The average molecular weight is 592 g/mol. The summed E-state index contributed by atoms with van der Waals surface area (Å²) in [7, 11) is 0. The van der Waals surface area contributed by atoms with Crippen molar-refractivity contribution in [2.24, 2.45) is 0 Å². The molecule has 9 rings (SSSR count). The number of aryl methyl sites for hydroxylation is 1. The van der Waals surface area contributed by atoms with Crippen LogP contribution in [0, 0.1) is 6.92 Å². The topological polar surface area (TPSA) is 17.8 Å². The third-order valence-corrected chi connectivity index (χ3v) is 8.77. The van der Waals surface area contributed by atoms with Crippen LogP contribution < -0.4 is 0 Å². The van der Waals surface area contributed by atoms with Crippen LogP contribution in [0.5, 0.6) is 0 Å². The van der Waals surface area contributed by atoms with Crippen LogP contribution in [0.25, 0.3) is 71.6 Å². The summed E-state index contributed by atoms with van der Waals surface area (Å²) in [6, 6.07) is 6.28. The quantitative estimate of drug-likeness (QED) is 0.187. The van der Waals surface area contributed by atoms with Crippen molar-refractivity contribution in [2.45, 2.75) is 26.2 Å². The lowest BCUT2D eigenvalue weighted by molar-refractivity contribution is 0.660. The molecule has 7 aromatic carbocycles. The van der Waals surface area contributed by atoms with Crippen molar-refractivity contribution >= 4 is 32.6 Å². The molecule has 1 aliphatic rings. The van der Waals surface area contributed by atoms with E-state index in [0.29, 0.717) is 17.1 Å². The first-order chi connectivity index (χ1) is 28.2. The molecule has 45 heavy (non-hydrogen) atoms. The van der Waals surface area contributed by atoms with E-state index in [0.717, 1.165) is 11.0 Å². The maximum absolute atomic E-state index is 9.85. The van der Waals surface area contributed by atoms with Gasteiger partial charge in [-0.3, -0.25) is 4.57 Å². The third-order valence-electron chi connectivity index (χ3n) is 8.77. The molecule has 1 aliphatic carbocycles. The Labute approximate surface area is 284 Å². The van der Waals surface area contributed by atoms with Crippen LogP contribution in [0.1, 0.15) is 51.4 Å². The lowest BCUT2D eigenvalue weighted by Crippen LogP contribution is -2.14. The number of nitrogens with zero attached hydrogens (tertiary/aromatic N) is 2. The highest BCUT2D eigenvalue weighted by molar-refractivity contribution is 6.21. The second-order valence-corrected chi connectivity index (χ2v) is 11.7. The Hall–Kier alpha value is -5.47. The number of aromatic nitrogens is 2. The number of para-hydroxylation sites is 2. The molecule has 0 amide bonds. The molecule has 0 fully saturated rings. The molecule has 8 aromatic rings. The molecule has 1 heterocycles. The van der Waals surface area contributed by atoms with Crippen LogP contribution in [0.4, 0.5) is 0 Å². The van der Waals surface area contributed by atoms with Crippen molar-refractivity contribution in [2.75, 3.05) is 0 Å². The lowest BCUT2D eigenvalue weighted by atomic mass is 9.80. The van der Waals surface area contributed by atoms with E-state index in [2.05, 4.69) is 4.98 Å². The number of hydrogen-bond donors (Lipinski definition) is 0. The van der Waals surface area contributed by atoms with Crippen LogP contribution in [0.15, 0.2) is 139 Å². The Morgan fingerprint density at radius 1 is 0.600 bits per heavy atom. The molecule has 0 atom stereocenters. The summed E-state index contributed by atoms with van der Waals surface area (Å²) in [5.41, 5.74) is 0.934. The Kier molecular flexibility index (Phi) is 3.17. The fourth-order valence-electron chi connectivity index (χ4n) is 6.69. The Bertz CT molecular complexity index is 3220. The van der Waals surface area contributed by atoms with Gasteiger partial charge in [-0.25, -0.2) is 4.98 Å². The molecule has 0 aliphatic heterocycles. The summed E-state index contributed by atoms with van der Waals surface area (Å²) in [5, 5.41) is -0.710. The van der Waals surface area contributed by atoms with E-state index in [-0.39, 0.29) is 66.5 Å². The van der Waals surface area contributed by atoms with E-state index in [9.17, 15) is 9.60 Å². The molecule has 0 N–H and O–H groups in total. The fourth-order valence-corrected chi connectivity index (χ4v) is 6.69. The minimum Gasteiger partial charge on any atom is -0.297 e. The Balaban J connectivity index is 1.47. The van der Waals surface area contributed by atoms with E-state index in [4.69, 9.17) is 11.0 Å². The van der Waals surface area contributed by atoms with E-state index < -0.39 is 90.0 Å². The highest BCUT2D eigenvalue weighted by atomic mass is 15.1. The molecule has 0 unspecified atom stereocenters. The standard InChI is InChI=1S/C43H32N2/c1-27-44-39-18-10-11-19-40(39)45(27)30-23-20-28(21-24-30)41-33-13-4-6-15-35(33)42(36-16-7-5-14-34(36)41)29-22-25-32-31-12-8-9-17-37(31)43(2,3)38(32)26-29/h4-26H,1-3H3/i4D,5D,6D,7D,8D,9D,12D,13D,14D,15D,16D,17D,22D,25D,26D. The monoisotopic (exact) mass is 591 g/mol. The summed E-state index contributed by atoms with van der Waals surface area (Å²) < 4.78 is 138. The highest BCUT2D eigenvalue weighted by Gasteiger charge is 2.35. The zero-order valence-electron chi connectivity index (χ0n) is 39.5. The van der Waals surface area contributed by atoms with Gasteiger partial charge in [0.1, 0.15) is 5.82 Å². The van der Waals surface area contributed by atoms with Gasteiger partial charge >= 0.3 is 0 Å². The van der Waals surface area contributed by atoms with Crippen molar-refractivity contribution in [3.63, 3.8) is 0 Å². The summed E-state index contributed by atoms with van der Waals surface area (Å²) in [6.07, 6.45) is 0. The lowest BCUT2D eigenvalue weighted by Gasteiger charge is -2.23. The molecule has 0 bridgehead atoms. The highest BCUT2D eigenvalue weighted by Crippen LogP contribution is 2.51. The van der Waals surface area contributed by atoms with Crippen molar-refractivity contribution in [3.8, 4) is 39.1 Å². The molecule has 214 valence electrons. The summed E-state index contributed by atoms with van der Waals surface area (Å²) in [6.45, 7) is 5.14. The number of fused-ring (bicyclic) bond motifs is 6. The zero-order chi connectivity index (χ0) is 43.3. The van der Waals surface area contributed by atoms with Gasteiger partial charge < -0.3 is 0 Å². The molecule has 0 saturated heterocycles. The van der Waals surface area contributed by atoms with Gasteiger partial charge in [-0.1, -0.05) is 123 Å². The molecule has 0 spiro atoms. The molecule has 0 saturated carbocycles. The van der Waals surface area contributed by atoms with Crippen molar-refractivity contribution in [3.05, 3.63) is 156 Å². The second-order valence-electron chi connectivity index (χ2n) is 11.7. The SMILES string of the molecule is [2H]c1c([2H])c([2H])c2c(c1[2H])-c1c([2H])c([2H])c(-c3c4c([2H])c([2H])c([2H])c([2H])c4c(-c4ccc(-n5c(C)nc6ccccc65)cc4)c4c([2H])c([2H])c([2H])c([2H])c34)c([2H])c1C2(C)C. The summed E-state index contributed by atoms with van der Waals surface area (Å²) in [4.78, 5) is 4.66. The molecular weight excluding hydrogens is 544 g/mol. The minimum atomic E-state index is -1.35. The number of hydrogen-bond acceptors (Lipinski definition) is 1. The Morgan fingerprint density at radius 2 is 1.18 bits per heavy atom. The van der Waals surface area contributed by atoms with Crippen LogP contribution in [-0.4, -0.2) is 9.55 Å². The van der Waals surface area contributed by atoms with Gasteiger partial charge in [0.25, 0.3) is 0 Å². The first-order valence-electron chi connectivity index (χ1n) is 22.0. The third kappa shape index (κ3) is 3.72. The summed E-state index contributed by atoms with van der Waals surface area (Å²) in [5.74, 6) is 0.706. The molecule has 2 heteroatoms. The maximum Gasteiger partial charge on any atom is 0.111 e. The van der Waals surface area contributed by atoms with Gasteiger partial charge in [-0.05, 0) is 103 Å². The van der Waals surface area contributed by atoms with Gasteiger partial charge in [0.15, 0.2) is 0 Å². The number of benzene rings is 7. The van der Waals surface area contributed by atoms with Gasteiger partial charge in [-0.15, -0.1) is 0 Å². The van der Waals surface area contributed by atoms with Gasteiger partial charge in [-0.2, -0.15) is 0 Å². The smallest absolute Gasteiger partial charge is 0.111 e. The predicted octanol–water partition coefficient (Wildman–Crippen LogP) is 11.3. The second kappa shape index (κ2) is 9.51. The first kappa shape index (κ1) is 15.0. The number of imidazole rings is 1. The zero-order valence-corrected chi connectivity index (χ0v) is 24.5. The van der Waals surface area contributed by atoms with E-state index >= 15 is 0 Å². The molecule has 2 nitrogen and oxygen atoms in total. The molecular formula is C43H32N2. The minimum absolute atomic E-state index is 0.0178. The number of rotatable bonds is 3. The molecule has 1 aromatic heterocycles. The predicted molar refractivity (Wildman–Crippen MR) is 189 cm³/mol. The van der Waals surface area contributed by atoms with Crippen molar-refractivity contribution < 1.29 is 20.6 Å². The summed E-state index contributed by atoms with van der Waals surface area (Å²) >= 11 is 0. The van der Waals surface area contributed by atoms with Gasteiger partial charge in [0.2, 0.25) is 0 Å².